The van der Waals surface area contributed by atoms with Gasteiger partial charge in [0.1, 0.15) is 5.56 Å². The Kier molecular flexibility index (Phi) is 3.73. The van der Waals surface area contributed by atoms with Crippen molar-refractivity contribution in [3.8, 4) is 0 Å². The van der Waals surface area contributed by atoms with Gasteiger partial charge in [-0.05, 0) is 37.0 Å². The second kappa shape index (κ2) is 5.76. The fourth-order valence-corrected chi connectivity index (χ4v) is 3.97. The lowest BCUT2D eigenvalue weighted by Crippen LogP contribution is -2.35. The highest BCUT2D eigenvalue weighted by molar-refractivity contribution is 9.10. The van der Waals surface area contributed by atoms with E-state index in [9.17, 15) is 9.59 Å². The maximum Gasteiger partial charge on any atom is 0.256 e. The normalized spacial score (nSPS) is 19.4. The summed E-state index contributed by atoms with van der Waals surface area (Å²) in [5.74, 6) is -0.315. The number of nitrogens with zero attached hydrogens (tertiary/aromatic N) is 1. The first-order chi connectivity index (χ1) is 11.1. The quantitative estimate of drug-likeness (QED) is 0.893. The van der Waals surface area contributed by atoms with E-state index in [4.69, 9.17) is 4.74 Å². The summed E-state index contributed by atoms with van der Waals surface area (Å²) in [6.45, 7) is 2.01. The minimum atomic E-state index is -0.315. The Balaban J connectivity index is 1.69. The van der Waals surface area contributed by atoms with Gasteiger partial charge in [-0.15, -0.1) is 0 Å². The molecule has 120 valence electrons. The van der Waals surface area contributed by atoms with Crippen LogP contribution in [0.5, 0.6) is 0 Å². The molecule has 4 rings (SSSR count). The molecule has 5 nitrogen and oxygen atoms in total. The molecule has 1 N–H and O–H groups in total. The van der Waals surface area contributed by atoms with Crippen molar-refractivity contribution in [3.05, 3.63) is 44.2 Å². The molecule has 0 aliphatic carbocycles. The van der Waals surface area contributed by atoms with E-state index < -0.39 is 0 Å². The Morgan fingerprint density at radius 2 is 2.30 bits per heavy atom. The van der Waals surface area contributed by atoms with Crippen LogP contribution in [0.15, 0.2) is 27.6 Å². The second-order valence-corrected chi connectivity index (χ2v) is 7.04. The molecule has 0 unspecified atom stereocenters. The average molecular weight is 377 g/mol. The molecule has 6 heteroatoms. The van der Waals surface area contributed by atoms with E-state index in [1.54, 1.807) is 12.3 Å². The van der Waals surface area contributed by atoms with Crippen LogP contribution >= 0.6 is 15.9 Å². The third-order valence-corrected chi connectivity index (χ3v) is 5.05. The fourth-order valence-electron chi connectivity index (χ4n) is 3.47. The number of hydrogen-bond acceptors (Lipinski definition) is 3. The van der Waals surface area contributed by atoms with Crippen molar-refractivity contribution in [2.45, 2.75) is 31.9 Å². The van der Waals surface area contributed by atoms with Crippen LogP contribution < -0.4 is 10.7 Å². The predicted octanol–water partition coefficient (Wildman–Crippen LogP) is 2.23. The van der Waals surface area contributed by atoms with E-state index in [1.807, 2.05) is 10.6 Å². The van der Waals surface area contributed by atoms with Gasteiger partial charge in [0.25, 0.3) is 5.91 Å². The van der Waals surface area contributed by atoms with Crippen LogP contribution in [0, 0.1) is 0 Å². The van der Waals surface area contributed by atoms with E-state index in [-0.39, 0.29) is 23.0 Å². The zero-order chi connectivity index (χ0) is 16.0. The summed E-state index contributed by atoms with van der Waals surface area (Å²) in [6.07, 6.45) is 4.63. The van der Waals surface area contributed by atoms with Crippen LogP contribution in [0.1, 0.15) is 28.8 Å². The zero-order valence-electron chi connectivity index (χ0n) is 12.6. The van der Waals surface area contributed by atoms with Gasteiger partial charge in [-0.1, -0.05) is 15.9 Å². The first-order valence-electron chi connectivity index (χ1n) is 7.89. The second-order valence-electron chi connectivity index (χ2n) is 6.12. The van der Waals surface area contributed by atoms with Crippen molar-refractivity contribution in [1.29, 1.82) is 0 Å². The van der Waals surface area contributed by atoms with Crippen LogP contribution in [0.4, 0.5) is 0 Å². The van der Waals surface area contributed by atoms with Crippen LogP contribution in [0.3, 0.4) is 0 Å². The van der Waals surface area contributed by atoms with E-state index in [0.717, 1.165) is 48.0 Å². The van der Waals surface area contributed by atoms with Gasteiger partial charge in [-0.2, -0.15) is 0 Å². The monoisotopic (exact) mass is 376 g/mol. The van der Waals surface area contributed by atoms with Crippen LogP contribution in [0.25, 0.3) is 10.9 Å². The summed E-state index contributed by atoms with van der Waals surface area (Å²) in [6, 6.07) is 3.85. The Morgan fingerprint density at radius 1 is 1.43 bits per heavy atom. The highest BCUT2D eigenvalue weighted by atomic mass is 79.9. The Morgan fingerprint density at radius 3 is 3.09 bits per heavy atom. The largest absolute Gasteiger partial charge is 0.376 e. The molecule has 2 aromatic rings. The maximum absolute atomic E-state index is 12.7. The number of ether oxygens (including phenoxy) is 1. The number of halogens is 1. The Hall–Kier alpha value is -1.66. The standard InChI is InChI=1S/C17H17BrN2O3/c18-11-6-10-3-4-20-9-14(16(21)13(7-11)15(10)20)17(22)19-8-12-2-1-5-23-12/h6-7,9,12H,1-5,8H2,(H,19,22)/t12-/m1/s1. The summed E-state index contributed by atoms with van der Waals surface area (Å²) in [4.78, 5) is 25.2. The van der Waals surface area contributed by atoms with Gasteiger partial charge in [0, 0.05) is 35.8 Å². The minimum absolute atomic E-state index is 0.0677. The number of aryl methyl sites for hydroxylation is 2. The van der Waals surface area contributed by atoms with Gasteiger partial charge >= 0.3 is 0 Å². The number of hydrogen-bond donors (Lipinski definition) is 1. The first kappa shape index (κ1) is 14.9. The summed E-state index contributed by atoms with van der Waals surface area (Å²) >= 11 is 3.45. The molecule has 1 amide bonds. The predicted molar refractivity (Wildman–Crippen MR) is 90.9 cm³/mol. The third-order valence-electron chi connectivity index (χ3n) is 4.60. The molecule has 1 fully saturated rings. The summed E-state index contributed by atoms with van der Waals surface area (Å²) in [7, 11) is 0. The number of carbonyl (C=O) groups is 1. The third kappa shape index (κ3) is 2.60. The van der Waals surface area contributed by atoms with E-state index in [0.29, 0.717) is 11.9 Å². The van der Waals surface area contributed by atoms with Gasteiger partial charge in [-0.3, -0.25) is 9.59 Å². The summed E-state index contributed by atoms with van der Waals surface area (Å²) < 4.78 is 8.40. The number of rotatable bonds is 3. The molecule has 0 bridgehead atoms. The molecule has 0 saturated carbocycles. The highest BCUT2D eigenvalue weighted by Crippen LogP contribution is 2.28. The van der Waals surface area contributed by atoms with Gasteiger partial charge < -0.3 is 14.6 Å². The highest BCUT2D eigenvalue weighted by Gasteiger charge is 2.22. The molecular weight excluding hydrogens is 360 g/mol. The fraction of sp³-hybridized carbons (Fsp3) is 0.412. The average Bonchev–Trinajstić information content (AvgIpc) is 3.18. The molecule has 23 heavy (non-hydrogen) atoms. The number of amides is 1. The van der Waals surface area contributed by atoms with Crippen molar-refractivity contribution >= 4 is 32.7 Å². The summed E-state index contributed by atoms with van der Waals surface area (Å²) in [5, 5.41) is 3.45. The zero-order valence-corrected chi connectivity index (χ0v) is 14.2. The number of nitrogens with one attached hydrogen (secondary N) is 1. The smallest absolute Gasteiger partial charge is 0.256 e. The van der Waals surface area contributed by atoms with Crippen LogP contribution in [0.2, 0.25) is 0 Å². The SMILES string of the molecule is O=C(NC[C@H]1CCCO1)c1cn2c3c(cc(Br)cc3c1=O)CC2. The molecule has 2 aliphatic rings. The number of aromatic nitrogens is 1. The number of benzene rings is 1. The molecule has 0 radical (unpaired) electrons. The lowest BCUT2D eigenvalue weighted by molar-refractivity contribution is 0.0856. The molecule has 1 saturated heterocycles. The van der Waals surface area contributed by atoms with E-state index in [1.165, 1.54) is 0 Å². The molecule has 2 aliphatic heterocycles. The molecule has 3 heterocycles. The topological polar surface area (TPSA) is 60.3 Å². The van der Waals surface area contributed by atoms with Crippen molar-refractivity contribution < 1.29 is 9.53 Å². The van der Waals surface area contributed by atoms with Crippen LogP contribution in [-0.2, 0) is 17.7 Å². The number of pyridine rings is 1. The molecule has 1 atom stereocenters. The molecule has 1 aromatic carbocycles. The van der Waals surface area contributed by atoms with Crippen molar-refractivity contribution in [3.63, 3.8) is 0 Å². The lowest BCUT2D eigenvalue weighted by Gasteiger charge is -2.12. The Bertz CT molecular complexity index is 853. The first-order valence-corrected chi connectivity index (χ1v) is 8.68. The van der Waals surface area contributed by atoms with Crippen molar-refractivity contribution in [2.75, 3.05) is 13.2 Å². The lowest BCUT2D eigenvalue weighted by atomic mass is 10.1. The van der Waals surface area contributed by atoms with Gasteiger partial charge in [0.2, 0.25) is 5.43 Å². The van der Waals surface area contributed by atoms with Gasteiger partial charge in [0.15, 0.2) is 0 Å². The van der Waals surface area contributed by atoms with E-state index in [2.05, 4.69) is 21.2 Å². The minimum Gasteiger partial charge on any atom is -0.376 e. The Labute approximate surface area is 141 Å². The molecular formula is C17H17BrN2O3. The summed E-state index contributed by atoms with van der Waals surface area (Å²) in [5.41, 5.74) is 2.11. The van der Waals surface area contributed by atoms with Crippen molar-refractivity contribution in [2.24, 2.45) is 0 Å². The number of carbonyl (C=O) groups excluding carboxylic acids is 1. The van der Waals surface area contributed by atoms with Crippen LogP contribution in [-0.4, -0.2) is 29.7 Å². The van der Waals surface area contributed by atoms with Gasteiger partial charge in [0.05, 0.1) is 11.6 Å². The molecule has 1 aromatic heterocycles. The molecule has 0 spiro atoms. The van der Waals surface area contributed by atoms with Gasteiger partial charge in [-0.25, -0.2) is 0 Å². The van der Waals surface area contributed by atoms with Crippen molar-refractivity contribution in [1.82, 2.24) is 9.88 Å². The maximum atomic E-state index is 12.7. The van der Waals surface area contributed by atoms with E-state index >= 15 is 0 Å².